The summed E-state index contributed by atoms with van der Waals surface area (Å²) in [6, 6.07) is 0. The number of fused-ring (bicyclic) bond motifs is 7. The van der Waals surface area contributed by atoms with E-state index in [2.05, 4.69) is 20.8 Å². The van der Waals surface area contributed by atoms with Gasteiger partial charge in [-0.25, -0.2) is 0 Å². The summed E-state index contributed by atoms with van der Waals surface area (Å²) in [5.41, 5.74) is -0.953. The Hall–Kier alpha value is -0.700. The molecule has 0 spiro atoms. The molecule has 5 aliphatic carbocycles. The number of ketones is 2. The van der Waals surface area contributed by atoms with Crippen molar-refractivity contribution >= 4 is 11.6 Å². The monoisotopic (exact) mass is 400 g/mol. The lowest BCUT2D eigenvalue weighted by atomic mass is 9.40. The van der Waals surface area contributed by atoms with Crippen LogP contribution in [0.1, 0.15) is 98.3 Å². The first kappa shape index (κ1) is 20.2. The minimum Gasteiger partial charge on any atom is -0.389 e. The summed E-state index contributed by atoms with van der Waals surface area (Å²) in [6.07, 6.45) is 11.2. The van der Waals surface area contributed by atoms with Crippen LogP contribution in [0.25, 0.3) is 0 Å². The van der Waals surface area contributed by atoms with E-state index in [1.165, 1.54) is 25.7 Å². The number of aliphatic hydroxyl groups is 1. The highest BCUT2D eigenvalue weighted by molar-refractivity contribution is 5.84. The first-order chi connectivity index (χ1) is 13.6. The molecule has 0 aliphatic heterocycles. The number of rotatable bonds is 1. The Morgan fingerprint density at radius 3 is 2.48 bits per heavy atom. The van der Waals surface area contributed by atoms with Gasteiger partial charge in [0.2, 0.25) is 0 Å². The quantitative estimate of drug-likeness (QED) is 0.647. The Labute approximate surface area is 176 Å². The summed E-state index contributed by atoms with van der Waals surface area (Å²) >= 11 is 0. The van der Waals surface area contributed by atoms with E-state index in [0.717, 1.165) is 32.1 Å². The van der Waals surface area contributed by atoms with Gasteiger partial charge in [0.05, 0.1) is 5.60 Å². The van der Waals surface area contributed by atoms with E-state index in [-0.39, 0.29) is 27.9 Å². The fraction of sp³-hybridized carbons (Fsp3) is 0.923. The first-order valence-corrected chi connectivity index (χ1v) is 12.4. The van der Waals surface area contributed by atoms with Crippen molar-refractivity contribution in [1.29, 1.82) is 0 Å². The highest BCUT2D eigenvalue weighted by atomic mass is 16.3. The lowest BCUT2D eigenvalue weighted by Crippen LogP contribution is -2.66. The van der Waals surface area contributed by atoms with Crippen LogP contribution in [-0.4, -0.2) is 22.3 Å². The number of hydrogen-bond acceptors (Lipinski definition) is 3. The van der Waals surface area contributed by atoms with Gasteiger partial charge in [-0.3, -0.25) is 9.59 Å². The van der Waals surface area contributed by atoms with E-state index in [9.17, 15) is 14.7 Å². The molecule has 9 atom stereocenters. The molecule has 0 aromatic carbocycles. The molecule has 0 saturated heterocycles. The summed E-state index contributed by atoms with van der Waals surface area (Å²) in [7, 11) is 0. The normalized spacial score (nSPS) is 56.7. The van der Waals surface area contributed by atoms with Gasteiger partial charge >= 0.3 is 0 Å². The largest absolute Gasteiger partial charge is 0.389 e. The fourth-order valence-electron chi connectivity index (χ4n) is 10.3. The van der Waals surface area contributed by atoms with Crippen molar-refractivity contribution in [3.05, 3.63) is 0 Å². The van der Waals surface area contributed by atoms with Crippen molar-refractivity contribution < 1.29 is 14.7 Å². The second-order valence-corrected chi connectivity index (χ2v) is 12.2. The Morgan fingerprint density at radius 2 is 1.76 bits per heavy atom. The molecule has 0 amide bonds. The van der Waals surface area contributed by atoms with Gasteiger partial charge in [0.25, 0.3) is 0 Å². The maximum Gasteiger partial charge on any atom is 0.136 e. The smallest absolute Gasteiger partial charge is 0.136 e. The molecule has 5 fully saturated rings. The molecule has 3 heteroatoms. The zero-order valence-electron chi connectivity index (χ0n) is 18.9. The second kappa shape index (κ2) is 6.17. The molecule has 29 heavy (non-hydrogen) atoms. The van der Waals surface area contributed by atoms with E-state index in [1.807, 2.05) is 6.92 Å². The SMILES string of the molecule is CC(=O)[C@]12CCCC[C@H]1C[C@@H]1[C@H]3C[C@@H](C)[C@]4(O)CC(=O)CC[C@]4(C)[C@H]3CC[C@@]12C. The number of carbonyl (C=O) groups excluding carboxylic acids is 2. The zero-order valence-corrected chi connectivity index (χ0v) is 18.9. The third-order valence-corrected chi connectivity index (χ3v) is 11.7. The van der Waals surface area contributed by atoms with Crippen molar-refractivity contribution in [2.45, 2.75) is 104 Å². The Morgan fingerprint density at radius 1 is 1.00 bits per heavy atom. The summed E-state index contributed by atoms with van der Waals surface area (Å²) in [6.45, 7) is 8.85. The minimum atomic E-state index is -0.832. The average Bonchev–Trinajstić information content (AvgIpc) is 2.95. The van der Waals surface area contributed by atoms with Gasteiger partial charge in [0.15, 0.2) is 0 Å². The molecule has 5 aliphatic rings. The van der Waals surface area contributed by atoms with Crippen LogP contribution in [0.5, 0.6) is 0 Å². The number of Topliss-reactive ketones (excluding diaryl/α,β-unsaturated/α-hetero) is 2. The topological polar surface area (TPSA) is 54.4 Å². The number of carbonyl (C=O) groups is 2. The molecule has 0 heterocycles. The van der Waals surface area contributed by atoms with E-state index in [4.69, 9.17) is 0 Å². The lowest BCUT2D eigenvalue weighted by Gasteiger charge is -2.66. The van der Waals surface area contributed by atoms with Crippen LogP contribution in [0.3, 0.4) is 0 Å². The molecule has 0 bridgehead atoms. The first-order valence-electron chi connectivity index (χ1n) is 12.4. The lowest BCUT2D eigenvalue weighted by molar-refractivity contribution is -0.230. The highest BCUT2D eigenvalue weighted by Gasteiger charge is 2.71. The molecule has 5 rings (SSSR count). The van der Waals surface area contributed by atoms with Gasteiger partial charge in [-0.05, 0) is 86.9 Å². The molecule has 0 aromatic heterocycles. The fourth-order valence-corrected chi connectivity index (χ4v) is 10.3. The maximum absolute atomic E-state index is 13.2. The molecule has 1 N–H and O–H groups in total. The summed E-state index contributed by atoms with van der Waals surface area (Å²) in [4.78, 5) is 25.5. The van der Waals surface area contributed by atoms with Crippen LogP contribution >= 0.6 is 0 Å². The third kappa shape index (κ3) is 2.24. The molecule has 0 aromatic rings. The van der Waals surface area contributed by atoms with Gasteiger partial charge in [-0.1, -0.05) is 33.6 Å². The third-order valence-electron chi connectivity index (χ3n) is 11.7. The van der Waals surface area contributed by atoms with Crippen molar-refractivity contribution in [3.63, 3.8) is 0 Å². The predicted octanol–water partition coefficient (Wildman–Crippen LogP) is 5.33. The number of hydrogen-bond donors (Lipinski definition) is 1. The van der Waals surface area contributed by atoms with E-state index in [1.54, 1.807) is 0 Å². The zero-order chi connectivity index (χ0) is 20.8. The maximum atomic E-state index is 13.2. The Balaban J connectivity index is 1.56. The van der Waals surface area contributed by atoms with Gasteiger partial charge in [-0.2, -0.15) is 0 Å². The summed E-state index contributed by atoms with van der Waals surface area (Å²) in [5.74, 6) is 3.15. The van der Waals surface area contributed by atoms with Crippen molar-refractivity contribution in [1.82, 2.24) is 0 Å². The Bertz CT molecular complexity index is 744. The van der Waals surface area contributed by atoms with Gasteiger partial charge in [0, 0.05) is 23.7 Å². The summed E-state index contributed by atoms with van der Waals surface area (Å²) < 4.78 is 0. The van der Waals surface area contributed by atoms with Crippen molar-refractivity contribution in [2.24, 2.45) is 45.8 Å². The Kier molecular flexibility index (Phi) is 4.30. The van der Waals surface area contributed by atoms with Crippen LogP contribution in [-0.2, 0) is 9.59 Å². The van der Waals surface area contributed by atoms with Gasteiger partial charge in [-0.15, -0.1) is 0 Å². The molecule has 0 unspecified atom stereocenters. The molecule has 5 saturated carbocycles. The van der Waals surface area contributed by atoms with Crippen LogP contribution in [0, 0.1) is 45.8 Å². The van der Waals surface area contributed by atoms with E-state index in [0.29, 0.717) is 42.3 Å². The second-order valence-electron chi connectivity index (χ2n) is 12.2. The van der Waals surface area contributed by atoms with Crippen LogP contribution < -0.4 is 0 Å². The highest BCUT2D eigenvalue weighted by Crippen LogP contribution is 2.75. The molecule has 162 valence electrons. The predicted molar refractivity (Wildman–Crippen MR) is 113 cm³/mol. The molecule has 0 radical (unpaired) electrons. The molecule has 3 nitrogen and oxygen atoms in total. The van der Waals surface area contributed by atoms with E-state index >= 15 is 0 Å². The van der Waals surface area contributed by atoms with Crippen molar-refractivity contribution in [3.8, 4) is 0 Å². The van der Waals surface area contributed by atoms with Crippen molar-refractivity contribution in [2.75, 3.05) is 0 Å². The standard InChI is InChI=1S/C26H40O3/c1-16-13-20-21(24(4)11-8-19(28)15-26(16,24)29)9-12-23(3)22(20)14-18-7-5-6-10-25(18,23)17(2)27/h16,18,20-22,29H,5-15H2,1-4H3/t16-,18+,20+,21+,22-,23+,24-,25-,26-/m1/s1. The van der Waals surface area contributed by atoms with E-state index < -0.39 is 5.60 Å². The van der Waals surface area contributed by atoms with Gasteiger partial charge < -0.3 is 5.11 Å². The average molecular weight is 401 g/mol. The molecular formula is C26H40O3. The van der Waals surface area contributed by atoms with Gasteiger partial charge in [0.1, 0.15) is 11.6 Å². The van der Waals surface area contributed by atoms with Crippen LogP contribution in [0.4, 0.5) is 0 Å². The molecular weight excluding hydrogens is 360 g/mol. The van der Waals surface area contributed by atoms with Crippen LogP contribution in [0.2, 0.25) is 0 Å². The van der Waals surface area contributed by atoms with Crippen LogP contribution in [0.15, 0.2) is 0 Å². The summed E-state index contributed by atoms with van der Waals surface area (Å²) in [5, 5.41) is 11.8. The minimum absolute atomic E-state index is 0.0959.